The number of carbonyl (C=O) groups is 2. The first-order valence-corrected chi connectivity index (χ1v) is 6.94. The zero-order chi connectivity index (χ0) is 15.9. The smallest absolute Gasteiger partial charge is 0.328 e. The van der Waals surface area contributed by atoms with Gasteiger partial charge in [0.25, 0.3) is 5.91 Å². The summed E-state index contributed by atoms with van der Waals surface area (Å²) in [6.07, 6.45) is 3.44. The molecule has 0 aliphatic carbocycles. The van der Waals surface area contributed by atoms with Crippen molar-refractivity contribution in [2.75, 3.05) is 7.11 Å². The van der Waals surface area contributed by atoms with Crippen molar-refractivity contribution < 1.29 is 14.3 Å². The lowest BCUT2D eigenvalue weighted by Gasteiger charge is -2.16. The Morgan fingerprint density at radius 1 is 1.14 bits per heavy atom. The topological polar surface area (TPSA) is 68.3 Å². The van der Waals surface area contributed by atoms with Crippen molar-refractivity contribution in [1.82, 2.24) is 10.3 Å². The number of aromatic nitrogens is 1. The van der Waals surface area contributed by atoms with Gasteiger partial charge in [-0.05, 0) is 24.6 Å². The molecule has 0 spiro atoms. The highest BCUT2D eigenvalue weighted by Crippen LogP contribution is 2.08. The molecular formula is C17H18N2O3. The lowest BCUT2D eigenvalue weighted by molar-refractivity contribution is -0.142. The van der Waals surface area contributed by atoms with Crippen molar-refractivity contribution in [3.8, 4) is 0 Å². The molecule has 1 atom stereocenters. The van der Waals surface area contributed by atoms with Crippen molar-refractivity contribution in [3.63, 3.8) is 0 Å². The molecule has 22 heavy (non-hydrogen) atoms. The van der Waals surface area contributed by atoms with Gasteiger partial charge in [0.05, 0.1) is 7.11 Å². The van der Waals surface area contributed by atoms with E-state index in [1.165, 1.54) is 19.5 Å². The van der Waals surface area contributed by atoms with Crippen LogP contribution in [-0.4, -0.2) is 30.0 Å². The van der Waals surface area contributed by atoms with Crippen LogP contribution in [0.1, 0.15) is 21.5 Å². The Bertz CT molecular complexity index is 639. The van der Waals surface area contributed by atoms with Crippen LogP contribution >= 0.6 is 0 Å². The fraction of sp³-hybridized carbons (Fsp3) is 0.235. The Kier molecular flexibility index (Phi) is 5.25. The summed E-state index contributed by atoms with van der Waals surface area (Å²) in [5.74, 6) is -0.798. The zero-order valence-electron chi connectivity index (χ0n) is 12.6. The number of carbonyl (C=O) groups excluding carboxylic acids is 2. The minimum atomic E-state index is -0.728. The number of amides is 1. The maximum Gasteiger partial charge on any atom is 0.328 e. The van der Waals surface area contributed by atoms with E-state index < -0.39 is 12.0 Å². The van der Waals surface area contributed by atoms with Crippen molar-refractivity contribution in [3.05, 3.63) is 65.5 Å². The molecule has 1 amide bonds. The van der Waals surface area contributed by atoms with Crippen LogP contribution in [0.4, 0.5) is 0 Å². The van der Waals surface area contributed by atoms with Crippen LogP contribution in [0.3, 0.4) is 0 Å². The summed E-state index contributed by atoms with van der Waals surface area (Å²) in [5, 5.41) is 2.71. The van der Waals surface area contributed by atoms with Gasteiger partial charge in [-0.2, -0.15) is 0 Å². The van der Waals surface area contributed by atoms with Crippen LogP contribution in [0, 0.1) is 6.92 Å². The molecule has 114 valence electrons. The Morgan fingerprint density at radius 2 is 1.77 bits per heavy atom. The summed E-state index contributed by atoms with van der Waals surface area (Å²) in [4.78, 5) is 27.9. The number of ether oxygens (including phenoxy) is 1. The first kappa shape index (κ1) is 15.7. The molecule has 0 unspecified atom stereocenters. The summed E-state index contributed by atoms with van der Waals surface area (Å²) in [6.45, 7) is 1.99. The fourth-order valence-electron chi connectivity index (χ4n) is 2.04. The van der Waals surface area contributed by atoms with Crippen LogP contribution in [0.2, 0.25) is 0 Å². The largest absolute Gasteiger partial charge is 0.467 e. The molecule has 1 aromatic heterocycles. The summed E-state index contributed by atoms with van der Waals surface area (Å²) in [5.41, 5.74) is 2.54. The Labute approximate surface area is 129 Å². The molecule has 5 nitrogen and oxygen atoms in total. The van der Waals surface area contributed by atoms with Gasteiger partial charge in [-0.1, -0.05) is 29.8 Å². The fourth-order valence-corrected chi connectivity index (χ4v) is 2.04. The molecule has 0 saturated heterocycles. The van der Waals surface area contributed by atoms with E-state index in [-0.39, 0.29) is 5.91 Å². The number of nitrogens with one attached hydrogen (secondary N) is 1. The molecule has 2 rings (SSSR count). The van der Waals surface area contributed by atoms with Gasteiger partial charge in [0.15, 0.2) is 0 Å². The summed E-state index contributed by atoms with van der Waals surface area (Å²) in [7, 11) is 1.31. The van der Waals surface area contributed by atoms with Gasteiger partial charge in [0.1, 0.15) is 6.04 Å². The maximum atomic E-state index is 12.2. The number of hydrogen-bond acceptors (Lipinski definition) is 4. The number of rotatable bonds is 5. The number of methoxy groups -OCH3 is 1. The summed E-state index contributed by atoms with van der Waals surface area (Å²) >= 11 is 0. The Morgan fingerprint density at radius 3 is 2.36 bits per heavy atom. The second-order valence-corrected chi connectivity index (χ2v) is 4.97. The third kappa shape index (κ3) is 4.15. The number of aryl methyl sites for hydroxylation is 1. The zero-order valence-corrected chi connectivity index (χ0v) is 12.6. The van der Waals surface area contributed by atoms with E-state index in [0.717, 1.165) is 11.1 Å². The summed E-state index contributed by atoms with van der Waals surface area (Å²) in [6, 6.07) is 10.3. The maximum absolute atomic E-state index is 12.2. The molecule has 0 bridgehead atoms. The van der Waals surface area contributed by atoms with Gasteiger partial charge in [-0.15, -0.1) is 0 Å². The number of benzene rings is 1. The van der Waals surface area contributed by atoms with E-state index in [9.17, 15) is 9.59 Å². The van der Waals surface area contributed by atoms with Gasteiger partial charge in [0.2, 0.25) is 0 Å². The standard InChI is InChI=1S/C17H18N2O3/c1-12-3-5-13(6-4-12)11-15(17(21)22-2)19-16(20)14-7-9-18-10-8-14/h3-10,15H,11H2,1-2H3,(H,19,20)/t15-/m0/s1. The van der Waals surface area contributed by atoms with E-state index in [4.69, 9.17) is 4.74 Å². The molecule has 1 heterocycles. The van der Waals surface area contributed by atoms with Gasteiger partial charge >= 0.3 is 5.97 Å². The van der Waals surface area contributed by atoms with E-state index in [0.29, 0.717) is 12.0 Å². The highest BCUT2D eigenvalue weighted by molar-refractivity contribution is 5.96. The Hall–Kier alpha value is -2.69. The molecule has 0 saturated carbocycles. The van der Waals surface area contributed by atoms with E-state index in [1.54, 1.807) is 12.1 Å². The van der Waals surface area contributed by atoms with Crippen LogP contribution < -0.4 is 5.32 Å². The molecular weight excluding hydrogens is 280 g/mol. The van der Waals surface area contributed by atoms with Crippen LogP contribution in [-0.2, 0) is 16.0 Å². The van der Waals surface area contributed by atoms with E-state index in [1.807, 2.05) is 31.2 Å². The van der Waals surface area contributed by atoms with Crippen LogP contribution in [0.15, 0.2) is 48.8 Å². The number of nitrogens with zero attached hydrogens (tertiary/aromatic N) is 1. The quantitative estimate of drug-likeness (QED) is 0.856. The second kappa shape index (κ2) is 7.36. The van der Waals surface area contributed by atoms with Crippen molar-refractivity contribution in [1.29, 1.82) is 0 Å². The molecule has 1 aromatic carbocycles. The van der Waals surface area contributed by atoms with Gasteiger partial charge in [0, 0.05) is 24.4 Å². The first-order chi connectivity index (χ1) is 10.6. The number of hydrogen-bond donors (Lipinski definition) is 1. The number of pyridine rings is 1. The molecule has 2 aromatic rings. The van der Waals surface area contributed by atoms with Gasteiger partial charge < -0.3 is 10.1 Å². The van der Waals surface area contributed by atoms with Crippen molar-refractivity contribution in [2.24, 2.45) is 0 Å². The first-order valence-electron chi connectivity index (χ1n) is 6.94. The van der Waals surface area contributed by atoms with E-state index in [2.05, 4.69) is 10.3 Å². The normalized spacial score (nSPS) is 11.5. The third-order valence-electron chi connectivity index (χ3n) is 3.29. The second-order valence-electron chi connectivity index (χ2n) is 4.97. The predicted octanol–water partition coefficient (Wildman–Crippen LogP) is 1.90. The highest BCUT2D eigenvalue weighted by Gasteiger charge is 2.22. The summed E-state index contributed by atoms with van der Waals surface area (Å²) < 4.78 is 4.78. The lowest BCUT2D eigenvalue weighted by Crippen LogP contribution is -2.43. The SMILES string of the molecule is COC(=O)[C@H](Cc1ccc(C)cc1)NC(=O)c1ccncc1. The molecule has 0 radical (unpaired) electrons. The average molecular weight is 298 g/mol. The van der Waals surface area contributed by atoms with Crippen molar-refractivity contribution in [2.45, 2.75) is 19.4 Å². The highest BCUT2D eigenvalue weighted by atomic mass is 16.5. The monoisotopic (exact) mass is 298 g/mol. The third-order valence-corrected chi connectivity index (χ3v) is 3.29. The molecule has 1 N–H and O–H groups in total. The van der Waals surface area contributed by atoms with Crippen LogP contribution in [0.25, 0.3) is 0 Å². The Balaban J connectivity index is 2.11. The lowest BCUT2D eigenvalue weighted by atomic mass is 10.0. The molecule has 0 fully saturated rings. The van der Waals surface area contributed by atoms with Crippen molar-refractivity contribution >= 4 is 11.9 Å². The minimum Gasteiger partial charge on any atom is -0.467 e. The predicted molar refractivity (Wildman–Crippen MR) is 82.4 cm³/mol. The van der Waals surface area contributed by atoms with Crippen LogP contribution in [0.5, 0.6) is 0 Å². The average Bonchev–Trinajstić information content (AvgIpc) is 2.56. The minimum absolute atomic E-state index is 0.329. The van der Waals surface area contributed by atoms with Gasteiger partial charge in [-0.25, -0.2) is 4.79 Å². The van der Waals surface area contributed by atoms with Gasteiger partial charge in [-0.3, -0.25) is 9.78 Å². The molecule has 0 aliphatic rings. The number of esters is 1. The van der Waals surface area contributed by atoms with E-state index >= 15 is 0 Å². The molecule has 5 heteroatoms. The molecule has 0 aliphatic heterocycles.